The zero-order valence-electron chi connectivity index (χ0n) is 14.5. The normalized spacial score (nSPS) is 29.3. The van der Waals surface area contributed by atoms with E-state index >= 15 is 0 Å². The third-order valence-corrected chi connectivity index (χ3v) is 6.38. The number of hydrogen-bond donors (Lipinski definition) is 6. The second kappa shape index (κ2) is 8.63. The molecule has 1 aromatic rings. The van der Waals surface area contributed by atoms with Crippen molar-refractivity contribution in [3.8, 4) is 0 Å². The predicted octanol–water partition coefficient (Wildman–Crippen LogP) is -1.49. The Morgan fingerprint density at radius 1 is 1.28 bits per heavy atom. The highest BCUT2D eigenvalue weighted by atomic mass is 31.3. The molecule has 2 rings (SSSR count). The van der Waals surface area contributed by atoms with E-state index in [0.29, 0.717) is 6.66 Å². The first-order chi connectivity index (χ1) is 13.1. The molecule has 16 nitrogen and oxygen atoms in total. The molecule has 0 aliphatic carbocycles. The van der Waals surface area contributed by atoms with Crippen LogP contribution >= 0.6 is 23.2 Å². The molecule has 1 aliphatic heterocycles. The largest absolute Gasteiger partial charge is 0.479 e. The van der Waals surface area contributed by atoms with Gasteiger partial charge in [0.1, 0.15) is 24.1 Å². The van der Waals surface area contributed by atoms with Crippen LogP contribution in [0.15, 0.2) is 17.1 Å². The number of phosphoric acid groups is 2. The maximum Gasteiger partial charge on any atom is 0.479 e. The standard InChI is InChI=1S/C10H18N3O13P3/c1-27(16,17)26-29(21,22)23-4-5-8(25-28(18,19)20)7(14)9(24-5)13-3-2-6(11)12-10(13)15/h2-3,5,7-9,14H,4H2,1H3,(H,16,17)(H,21,22)(H2,11,12,15)(H2,18,19,20)/t5-,7-,8-,9-/m1/s1. The maximum atomic E-state index is 11.9. The van der Waals surface area contributed by atoms with Crippen molar-refractivity contribution in [2.24, 2.45) is 0 Å². The third kappa shape index (κ3) is 7.03. The molecule has 0 spiro atoms. The van der Waals surface area contributed by atoms with Gasteiger partial charge in [-0.25, -0.2) is 18.2 Å². The van der Waals surface area contributed by atoms with Crippen molar-refractivity contribution in [1.29, 1.82) is 0 Å². The molecule has 29 heavy (non-hydrogen) atoms. The number of aromatic nitrogens is 2. The van der Waals surface area contributed by atoms with Gasteiger partial charge in [-0.1, -0.05) is 0 Å². The number of phosphoric ester groups is 2. The molecule has 1 aliphatic rings. The number of hydrogen-bond acceptors (Lipinski definition) is 11. The molecule has 0 saturated carbocycles. The van der Waals surface area contributed by atoms with E-state index in [4.69, 9.17) is 25.2 Å². The van der Waals surface area contributed by atoms with Crippen LogP contribution in [-0.2, 0) is 31.8 Å². The smallest absolute Gasteiger partial charge is 0.386 e. The first kappa shape index (κ1) is 24.3. The van der Waals surface area contributed by atoms with Crippen molar-refractivity contribution in [2.45, 2.75) is 24.5 Å². The van der Waals surface area contributed by atoms with Gasteiger partial charge in [-0.15, -0.1) is 0 Å². The molecule has 166 valence electrons. The molecule has 7 N–H and O–H groups in total. The summed E-state index contributed by atoms with van der Waals surface area (Å²) >= 11 is 0. The van der Waals surface area contributed by atoms with E-state index in [1.807, 2.05) is 0 Å². The molecule has 1 fully saturated rings. The van der Waals surface area contributed by atoms with Gasteiger partial charge in [0.15, 0.2) is 6.23 Å². The number of nitrogens with two attached hydrogens (primary N) is 1. The van der Waals surface area contributed by atoms with Crippen LogP contribution in [0.25, 0.3) is 0 Å². The topological polar surface area (TPSA) is 250 Å². The van der Waals surface area contributed by atoms with Gasteiger partial charge in [0.2, 0.25) is 0 Å². The van der Waals surface area contributed by atoms with E-state index in [-0.39, 0.29) is 5.82 Å². The number of nitrogens with zero attached hydrogens (tertiary/aromatic N) is 2. The fraction of sp³-hybridized carbons (Fsp3) is 0.600. The van der Waals surface area contributed by atoms with Gasteiger partial charge >= 0.3 is 28.9 Å². The van der Waals surface area contributed by atoms with Crippen molar-refractivity contribution in [3.05, 3.63) is 22.7 Å². The van der Waals surface area contributed by atoms with Gasteiger partial charge in [-0.3, -0.25) is 18.2 Å². The fourth-order valence-electron chi connectivity index (χ4n) is 2.37. The van der Waals surface area contributed by atoms with Crippen LogP contribution in [0.5, 0.6) is 0 Å². The van der Waals surface area contributed by atoms with Crippen LogP contribution in [0.1, 0.15) is 6.23 Å². The molecule has 0 bridgehead atoms. The van der Waals surface area contributed by atoms with E-state index in [2.05, 4.69) is 18.3 Å². The average Bonchev–Trinajstić information content (AvgIpc) is 2.78. The summed E-state index contributed by atoms with van der Waals surface area (Å²) in [6.45, 7) is -0.367. The Hall–Kier alpha value is -0.990. The zero-order valence-corrected chi connectivity index (χ0v) is 17.2. The minimum Gasteiger partial charge on any atom is -0.386 e. The van der Waals surface area contributed by atoms with Gasteiger partial charge in [0.25, 0.3) is 0 Å². The van der Waals surface area contributed by atoms with Crippen molar-refractivity contribution in [1.82, 2.24) is 9.55 Å². The second-order valence-corrected chi connectivity index (χ2v) is 10.5. The van der Waals surface area contributed by atoms with Crippen LogP contribution in [0.3, 0.4) is 0 Å². The van der Waals surface area contributed by atoms with Gasteiger partial charge in [0.05, 0.1) is 6.61 Å². The first-order valence-corrected chi connectivity index (χ1v) is 12.5. The lowest BCUT2D eigenvalue weighted by molar-refractivity contribution is -0.0538. The number of anilines is 1. The number of aliphatic hydroxyl groups excluding tert-OH is 1. The molecule has 0 aromatic carbocycles. The summed E-state index contributed by atoms with van der Waals surface area (Å²) in [5.74, 6) is -0.145. The highest BCUT2D eigenvalue weighted by Gasteiger charge is 2.49. The summed E-state index contributed by atoms with van der Waals surface area (Å²) < 4.78 is 52.9. The summed E-state index contributed by atoms with van der Waals surface area (Å²) in [6, 6.07) is 1.18. The lowest BCUT2D eigenvalue weighted by atomic mass is 10.1. The molecule has 0 amide bonds. The van der Waals surface area contributed by atoms with E-state index in [1.165, 1.54) is 6.07 Å². The van der Waals surface area contributed by atoms with Crippen LogP contribution < -0.4 is 11.4 Å². The molecule has 1 aromatic heterocycles. The molecule has 1 saturated heterocycles. The number of nitrogen functional groups attached to an aromatic ring is 1. The van der Waals surface area contributed by atoms with Crippen molar-refractivity contribution in [2.75, 3.05) is 19.0 Å². The number of aliphatic hydroxyl groups is 1. The zero-order chi connectivity index (χ0) is 22.2. The van der Waals surface area contributed by atoms with Crippen molar-refractivity contribution < 1.29 is 56.5 Å². The molecule has 19 heteroatoms. The maximum absolute atomic E-state index is 11.9. The summed E-state index contributed by atoms with van der Waals surface area (Å²) in [5.41, 5.74) is 4.38. The average molecular weight is 481 g/mol. The summed E-state index contributed by atoms with van der Waals surface area (Å²) in [4.78, 5) is 51.8. The second-order valence-electron chi connectivity index (χ2n) is 5.81. The Morgan fingerprint density at radius 2 is 1.90 bits per heavy atom. The van der Waals surface area contributed by atoms with E-state index in [1.54, 1.807) is 0 Å². The van der Waals surface area contributed by atoms with E-state index in [0.717, 1.165) is 10.8 Å². The molecule has 2 heterocycles. The summed E-state index contributed by atoms with van der Waals surface area (Å²) in [7, 11) is -14.7. The minimum atomic E-state index is -5.19. The van der Waals surface area contributed by atoms with Gasteiger partial charge in [-0.2, -0.15) is 4.98 Å². The first-order valence-electron chi connectivity index (χ1n) is 7.49. The Kier molecular flexibility index (Phi) is 7.23. The minimum absolute atomic E-state index is 0.145. The highest BCUT2D eigenvalue weighted by Crippen LogP contribution is 2.58. The van der Waals surface area contributed by atoms with Gasteiger partial charge in [-0.05, 0) is 6.07 Å². The number of rotatable bonds is 8. The SMILES string of the molecule is CP(=O)(O)OP(=O)(O)OC[C@H]1O[C@@H](n2ccc(N)nc2=O)[C@H](O)[C@@H]1OP(=O)(O)O. The van der Waals surface area contributed by atoms with Crippen LogP contribution in [0.4, 0.5) is 5.82 Å². The Morgan fingerprint density at radius 3 is 2.41 bits per heavy atom. The van der Waals surface area contributed by atoms with Crippen LogP contribution in [-0.4, -0.2) is 65.8 Å². The highest BCUT2D eigenvalue weighted by molar-refractivity contribution is 7.63. The summed E-state index contributed by atoms with van der Waals surface area (Å²) in [5, 5.41) is 10.3. The Balaban J connectivity index is 2.26. The van der Waals surface area contributed by atoms with Crippen molar-refractivity contribution >= 4 is 29.1 Å². The molecule has 6 atom stereocenters. The number of ether oxygens (including phenoxy) is 1. The van der Waals surface area contributed by atoms with Crippen LogP contribution in [0, 0.1) is 0 Å². The predicted molar refractivity (Wildman–Crippen MR) is 92.4 cm³/mol. The Labute approximate surface area is 162 Å². The van der Waals surface area contributed by atoms with Gasteiger partial charge < -0.3 is 35.2 Å². The lowest BCUT2D eigenvalue weighted by Crippen LogP contribution is -2.37. The molecule has 0 radical (unpaired) electrons. The van der Waals surface area contributed by atoms with Crippen LogP contribution in [0.2, 0.25) is 0 Å². The lowest BCUT2D eigenvalue weighted by Gasteiger charge is -2.21. The van der Waals surface area contributed by atoms with Gasteiger partial charge in [0, 0.05) is 12.9 Å². The molecular weight excluding hydrogens is 463 g/mol. The molecular formula is C10H18N3O13P3. The van der Waals surface area contributed by atoms with E-state index in [9.17, 15) is 28.5 Å². The third-order valence-electron chi connectivity index (χ3n) is 3.35. The summed E-state index contributed by atoms with van der Waals surface area (Å²) in [6.07, 6.45) is -5.84. The van der Waals surface area contributed by atoms with E-state index < -0.39 is 60.1 Å². The molecule has 2 unspecified atom stereocenters. The fourth-order valence-corrected chi connectivity index (χ4v) is 5.01. The quantitative estimate of drug-likeness (QED) is 0.231. The Bertz CT molecular complexity index is 940. The van der Waals surface area contributed by atoms with Crippen molar-refractivity contribution in [3.63, 3.8) is 0 Å². The monoisotopic (exact) mass is 481 g/mol.